The Morgan fingerprint density at radius 1 is 0.837 bits per heavy atom. The highest BCUT2D eigenvalue weighted by Gasteiger charge is 2.35. The van der Waals surface area contributed by atoms with Crippen LogP contribution in [0, 0.1) is 5.92 Å². The van der Waals surface area contributed by atoms with E-state index in [1.165, 1.54) is 5.56 Å². The van der Waals surface area contributed by atoms with E-state index in [-0.39, 0.29) is 17.7 Å². The van der Waals surface area contributed by atoms with E-state index in [9.17, 15) is 9.59 Å². The van der Waals surface area contributed by atoms with Gasteiger partial charge in [0.05, 0.1) is 14.2 Å². The quantitative estimate of drug-likeness (QED) is 0.300. The van der Waals surface area contributed by atoms with E-state index in [0.717, 1.165) is 67.2 Å². The molecule has 3 aromatic carbocycles. The van der Waals surface area contributed by atoms with Crippen LogP contribution in [0.5, 0.6) is 11.5 Å². The second kappa shape index (κ2) is 14.8. The topological polar surface area (TPSA) is 62.3 Å². The largest absolute Gasteiger partial charge is 0.493 e. The van der Waals surface area contributed by atoms with Crippen molar-refractivity contribution in [3.63, 3.8) is 0 Å². The van der Waals surface area contributed by atoms with Gasteiger partial charge in [-0.3, -0.25) is 14.5 Å². The van der Waals surface area contributed by atoms with Crippen molar-refractivity contribution in [2.24, 2.45) is 5.92 Å². The Morgan fingerprint density at radius 3 is 2.26 bits per heavy atom. The maximum atomic E-state index is 13.8. The van der Waals surface area contributed by atoms with Crippen molar-refractivity contribution in [1.29, 1.82) is 0 Å². The zero-order valence-electron chi connectivity index (χ0n) is 25.3. The van der Waals surface area contributed by atoms with E-state index >= 15 is 0 Å². The van der Waals surface area contributed by atoms with Crippen LogP contribution in [-0.2, 0) is 29.1 Å². The summed E-state index contributed by atoms with van der Waals surface area (Å²) in [5, 5.41) is 0.729. The first-order chi connectivity index (χ1) is 20.9. The van der Waals surface area contributed by atoms with E-state index in [0.29, 0.717) is 44.0 Å². The van der Waals surface area contributed by atoms with E-state index < -0.39 is 0 Å². The molecule has 3 aromatic rings. The third-order valence-electron chi connectivity index (χ3n) is 8.34. The maximum absolute atomic E-state index is 13.8. The molecule has 1 fully saturated rings. The predicted octanol–water partition coefficient (Wildman–Crippen LogP) is 6.36. The zero-order valence-corrected chi connectivity index (χ0v) is 26.0. The number of rotatable bonds is 8. The van der Waals surface area contributed by atoms with Crippen molar-refractivity contribution in [3.8, 4) is 11.5 Å². The van der Waals surface area contributed by atoms with Crippen molar-refractivity contribution in [2.45, 2.75) is 51.6 Å². The van der Waals surface area contributed by atoms with Gasteiger partial charge in [-0.05, 0) is 79.1 Å². The molecule has 1 saturated carbocycles. The van der Waals surface area contributed by atoms with Gasteiger partial charge in [0.15, 0.2) is 11.5 Å². The van der Waals surface area contributed by atoms with Crippen LogP contribution in [0.15, 0.2) is 66.7 Å². The molecule has 2 amide bonds. The molecular weight excluding hydrogens is 562 g/mol. The molecule has 8 heteroatoms. The minimum Gasteiger partial charge on any atom is -0.493 e. The fraction of sp³-hybridized carbons (Fsp3) is 0.429. The molecule has 0 saturated heterocycles. The maximum Gasteiger partial charge on any atom is 0.230 e. The van der Waals surface area contributed by atoms with Gasteiger partial charge in [0.2, 0.25) is 11.8 Å². The third kappa shape index (κ3) is 8.30. The number of para-hydroxylation sites is 1. The van der Waals surface area contributed by atoms with E-state index in [4.69, 9.17) is 21.1 Å². The molecule has 43 heavy (non-hydrogen) atoms. The number of methoxy groups -OCH3 is 2. The van der Waals surface area contributed by atoms with Crippen molar-refractivity contribution in [3.05, 3.63) is 88.4 Å². The molecule has 5 rings (SSSR count). The Hall–Kier alpha value is -3.55. The standard InChI is InChI=1S/C35H42ClN3O4/c1-42-32-17-11-26(23-33(32)43-2)12-18-34(40)38-21-5-19-37(24-27-9-15-30(36)16-10-27)20-6-22-39(35(41)28-13-14-28)31-8-4-3-7-29(31)25-38/h3-4,7-11,15-17,23,28H,5-6,12-14,18-22,24-25H2,1-2H3. The highest BCUT2D eigenvalue weighted by Crippen LogP contribution is 2.34. The summed E-state index contributed by atoms with van der Waals surface area (Å²) >= 11 is 6.13. The van der Waals surface area contributed by atoms with Gasteiger partial charge < -0.3 is 19.3 Å². The summed E-state index contributed by atoms with van der Waals surface area (Å²) in [6.45, 7) is 4.32. The minimum atomic E-state index is 0.103. The van der Waals surface area contributed by atoms with Gasteiger partial charge in [-0.1, -0.05) is 48.0 Å². The van der Waals surface area contributed by atoms with E-state index in [1.807, 2.05) is 58.3 Å². The van der Waals surface area contributed by atoms with Crippen molar-refractivity contribution < 1.29 is 19.1 Å². The van der Waals surface area contributed by atoms with Crippen LogP contribution < -0.4 is 14.4 Å². The lowest BCUT2D eigenvalue weighted by molar-refractivity contribution is -0.131. The fourth-order valence-electron chi connectivity index (χ4n) is 5.81. The number of halogens is 1. The van der Waals surface area contributed by atoms with Gasteiger partial charge in [-0.25, -0.2) is 0 Å². The lowest BCUT2D eigenvalue weighted by Crippen LogP contribution is -2.39. The molecule has 0 atom stereocenters. The lowest BCUT2D eigenvalue weighted by Gasteiger charge is -2.32. The van der Waals surface area contributed by atoms with Gasteiger partial charge in [0, 0.05) is 62.3 Å². The molecule has 0 aromatic heterocycles. The summed E-state index contributed by atoms with van der Waals surface area (Å²) in [7, 11) is 3.24. The first kappa shape index (κ1) is 30.9. The molecule has 2 aliphatic rings. The minimum absolute atomic E-state index is 0.103. The number of fused-ring (bicyclic) bond motifs is 1. The molecule has 0 N–H and O–H groups in total. The molecule has 0 unspecified atom stereocenters. The SMILES string of the molecule is COc1ccc(CCC(=O)N2CCCN(Cc3ccc(Cl)cc3)CCCN(C(=O)C3CC3)c3ccccc3C2)cc1OC. The van der Waals surface area contributed by atoms with Gasteiger partial charge >= 0.3 is 0 Å². The summed E-state index contributed by atoms with van der Waals surface area (Å²) in [5.74, 6) is 1.76. The number of benzene rings is 3. The highest BCUT2D eigenvalue weighted by atomic mass is 35.5. The number of ether oxygens (including phenoxy) is 2. The second-order valence-electron chi connectivity index (χ2n) is 11.5. The second-order valence-corrected chi connectivity index (χ2v) is 11.9. The Labute approximate surface area is 260 Å². The molecule has 1 aliphatic heterocycles. The van der Waals surface area contributed by atoms with Crippen LogP contribution in [0.1, 0.15) is 48.8 Å². The molecule has 0 spiro atoms. The Bertz CT molecular complexity index is 1390. The number of nitrogens with zero attached hydrogens (tertiary/aromatic N) is 3. The van der Waals surface area contributed by atoms with E-state index in [2.05, 4.69) is 23.1 Å². The smallest absolute Gasteiger partial charge is 0.230 e. The predicted molar refractivity (Wildman–Crippen MR) is 171 cm³/mol. The molecule has 228 valence electrons. The van der Waals surface area contributed by atoms with Crippen LogP contribution in [0.25, 0.3) is 0 Å². The van der Waals surface area contributed by atoms with Crippen molar-refractivity contribution in [1.82, 2.24) is 9.80 Å². The molecule has 7 nitrogen and oxygen atoms in total. The molecule has 1 heterocycles. The highest BCUT2D eigenvalue weighted by molar-refractivity contribution is 6.30. The average molecular weight is 604 g/mol. The van der Waals surface area contributed by atoms with Crippen molar-refractivity contribution >= 4 is 29.1 Å². The summed E-state index contributed by atoms with van der Waals surface area (Å²) in [5.41, 5.74) is 4.18. The van der Waals surface area contributed by atoms with Crippen LogP contribution >= 0.6 is 11.6 Å². The number of carbonyl (C=O) groups excluding carboxylic acids is 2. The fourth-order valence-corrected chi connectivity index (χ4v) is 5.93. The first-order valence-electron chi connectivity index (χ1n) is 15.3. The van der Waals surface area contributed by atoms with Gasteiger partial charge in [-0.15, -0.1) is 0 Å². The average Bonchev–Trinajstić information content (AvgIpc) is 3.87. The zero-order chi connectivity index (χ0) is 30.2. The molecule has 0 radical (unpaired) electrons. The molecular formula is C35H42ClN3O4. The summed E-state index contributed by atoms with van der Waals surface area (Å²) in [6.07, 6.45) is 4.65. The monoisotopic (exact) mass is 603 g/mol. The lowest BCUT2D eigenvalue weighted by atomic mass is 10.1. The van der Waals surface area contributed by atoms with Gasteiger partial charge in [0.1, 0.15) is 0 Å². The number of anilines is 1. The number of aryl methyl sites for hydroxylation is 1. The van der Waals surface area contributed by atoms with Crippen LogP contribution in [-0.4, -0.2) is 62.0 Å². The Kier molecular flexibility index (Phi) is 10.6. The number of hydrogen-bond acceptors (Lipinski definition) is 5. The Balaban J connectivity index is 1.36. The number of amides is 2. The number of hydrogen-bond donors (Lipinski definition) is 0. The van der Waals surface area contributed by atoms with Gasteiger partial charge in [-0.2, -0.15) is 0 Å². The van der Waals surface area contributed by atoms with Gasteiger partial charge in [0.25, 0.3) is 0 Å². The van der Waals surface area contributed by atoms with Crippen LogP contribution in [0.4, 0.5) is 5.69 Å². The summed E-state index contributed by atoms with van der Waals surface area (Å²) < 4.78 is 10.8. The van der Waals surface area contributed by atoms with Crippen LogP contribution in [0.3, 0.4) is 0 Å². The van der Waals surface area contributed by atoms with E-state index in [1.54, 1.807) is 14.2 Å². The van der Waals surface area contributed by atoms with Crippen molar-refractivity contribution in [2.75, 3.05) is 45.3 Å². The Morgan fingerprint density at radius 2 is 1.53 bits per heavy atom. The molecule has 0 bridgehead atoms. The third-order valence-corrected chi connectivity index (χ3v) is 8.59. The molecule has 1 aliphatic carbocycles. The summed E-state index contributed by atoms with van der Waals surface area (Å²) in [6, 6.07) is 21.9. The normalized spacial score (nSPS) is 16.5. The summed E-state index contributed by atoms with van der Waals surface area (Å²) in [4.78, 5) is 33.7. The first-order valence-corrected chi connectivity index (χ1v) is 15.7. The van der Waals surface area contributed by atoms with Crippen LogP contribution in [0.2, 0.25) is 5.02 Å². The number of carbonyl (C=O) groups is 2.